The summed E-state index contributed by atoms with van der Waals surface area (Å²) in [5.41, 5.74) is 3.69. The third kappa shape index (κ3) is 7.04. The lowest BCUT2D eigenvalue weighted by atomic mass is 10.1. The first-order valence-electron chi connectivity index (χ1n) is 12.4. The number of benzene rings is 2. The van der Waals surface area contributed by atoms with Gasteiger partial charge in [0.05, 0.1) is 22.7 Å². The number of hydrogen-bond acceptors (Lipinski definition) is 8. The highest BCUT2D eigenvalue weighted by atomic mass is 32.2. The Morgan fingerprint density at radius 2 is 1.76 bits per heavy atom. The first-order valence-corrected chi connectivity index (χ1v) is 13.9. The first-order chi connectivity index (χ1) is 17.5. The fourth-order valence-electron chi connectivity index (χ4n) is 4.14. The largest absolute Gasteiger partial charge is 0.394 e. The van der Waals surface area contributed by atoms with Gasteiger partial charge >= 0.3 is 0 Å². The van der Waals surface area contributed by atoms with Crippen LogP contribution in [0.2, 0.25) is 0 Å². The van der Waals surface area contributed by atoms with Crippen molar-refractivity contribution in [3.05, 3.63) is 71.5 Å². The monoisotopic (exact) mass is 524 g/mol. The molecule has 10 heteroatoms. The Balaban J connectivity index is 1.46. The third-order valence-corrected chi connectivity index (χ3v) is 8.15. The molecule has 1 aliphatic heterocycles. The molecule has 4 rings (SSSR count). The molecule has 0 spiro atoms. The Labute approximate surface area is 219 Å². The topological polar surface area (TPSA) is 111 Å². The van der Waals surface area contributed by atoms with Gasteiger partial charge in [-0.1, -0.05) is 12.1 Å². The summed E-state index contributed by atoms with van der Waals surface area (Å²) in [5, 5.41) is 12.7. The predicted molar refractivity (Wildman–Crippen MR) is 147 cm³/mol. The van der Waals surface area contributed by atoms with Gasteiger partial charge in [0.2, 0.25) is 16.0 Å². The number of aliphatic hydroxyl groups excluding tert-OH is 1. The first kappa shape index (κ1) is 27.0. The number of aryl methyl sites for hydroxylation is 1. The Morgan fingerprint density at radius 1 is 1.05 bits per heavy atom. The van der Waals surface area contributed by atoms with Crippen molar-refractivity contribution in [2.24, 2.45) is 0 Å². The second-order valence-corrected chi connectivity index (χ2v) is 11.9. The number of nitrogens with zero attached hydrogens (tertiary/aromatic N) is 4. The molecule has 2 aromatic carbocycles. The van der Waals surface area contributed by atoms with Crippen molar-refractivity contribution in [3.63, 3.8) is 0 Å². The Hall–Kier alpha value is -3.05. The molecule has 0 radical (unpaired) electrons. The maximum absolute atomic E-state index is 12.8. The van der Waals surface area contributed by atoms with E-state index in [9.17, 15) is 13.5 Å². The van der Waals surface area contributed by atoms with E-state index in [0.29, 0.717) is 12.4 Å². The second kappa shape index (κ2) is 11.1. The number of nitrogens with one attached hydrogen (secondary N) is 2. The Kier molecular flexibility index (Phi) is 8.13. The maximum atomic E-state index is 12.8. The van der Waals surface area contributed by atoms with E-state index in [2.05, 4.69) is 44.0 Å². The van der Waals surface area contributed by atoms with Crippen LogP contribution < -0.4 is 14.9 Å². The summed E-state index contributed by atoms with van der Waals surface area (Å²) < 4.78 is 28.2. The van der Waals surface area contributed by atoms with Crippen LogP contribution in [0.1, 0.15) is 30.7 Å². The third-order valence-electron chi connectivity index (χ3n) is 6.45. The molecule has 37 heavy (non-hydrogen) atoms. The van der Waals surface area contributed by atoms with Gasteiger partial charge in [-0.2, -0.15) is 0 Å². The average Bonchev–Trinajstić information content (AvgIpc) is 2.87. The van der Waals surface area contributed by atoms with E-state index in [0.717, 1.165) is 48.7 Å². The fourth-order valence-corrected chi connectivity index (χ4v) is 5.61. The lowest BCUT2D eigenvalue weighted by molar-refractivity contribution is 0.208. The quantitative estimate of drug-likeness (QED) is 0.392. The molecule has 9 nitrogen and oxygen atoms in total. The van der Waals surface area contributed by atoms with Crippen LogP contribution in [-0.2, 0) is 16.4 Å². The SMILES string of the molecule is Cc1cnc(Nc2ccc(N3CCN(C)CC3)cc2)nc1Cc1cccc(S(=O)(=O)NC(C)(C)CO)c1. The number of piperazine rings is 1. The molecule has 2 heterocycles. The number of sulfonamides is 1. The van der Waals surface area contributed by atoms with Gasteiger partial charge in [0, 0.05) is 50.2 Å². The standard InChI is InChI=1S/C27H36N6O3S/c1-20-18-28-26(29-22-8-10-23(11-9-22)33-14-12-32(4)13-15-33)30-25(20)17-21-6-5-7-24(16-21)37(35,36)31-27(2,3)19-34/h5-11,16,18,31,34H,12-15,17,19H2,1-4H3,(H,28,29,30). The molecule has 0 saturated carbocycles. The highest BCUT2D eigenvalue weighted by molar-refractivity contribution is 7.89. The molecule has 1 fully saturated rings. The summed E-state index contributed by atoms with van der Waals surface area (Å²) in [6.07, 6.45) is 2.23. The smallest absolute Gasteiger partial charge is 0.241 e. The van der Waals surface area contributed by atoms with Crippen LogP contribution >= 0.6 is 0 Å². The Morgan fingerprint density at radius 3 is 2.43 bits per heavy atom. The summed E-state index contributed by atoms with van der Waals surface area (Å²) >= 11 is 0. The molecule has 0 unspecified atom stereocenters. The molecule has 0 amide bonds. The van der Waals surface area contributed by atoms with Crippen molar-refractivity contribution in [3.8, 4) is 0 Å². The zero-order chi connectivity index (χ0) is 26.6. The summed E-state index contributed by atoms with van der Waals surface area (Å²) in [6.45, 7) is 9.06. The van der Waals surface area contributed by atoms with Gasteiger partial charge < -0.3 is 20.2 Å². The van der Waals surface area contributed by atoms with Crippen LogP contribution in [0.5, 0.6) is 0 Å². The van der Waals surface area contributed by atoms with Crippen molar-refractivity contribution in [2.45, 2.75) is 37.6 Å². The van der Waals surface area contributed by atoms with Crippen molar-refractivity contribution in [2.75, 3.05) is 50.1 Å². The van der Waals surface area contributed by atoms with Crippen molar-refractivity contribution < 1.29 is 13.5 Å². The van der Waals surface area contributed by atoms with E-state index in [-0.39, 0.29) is 11.5 Å². The van der Waals surface area contributed by atoms with Crippen molar-refractivity contribution in [1.29, 1.82) is 0 Å². The summed E-state index contributed by atoms with van der Waals surface area (Å²) in [4.78, 5) is 14.0. The van der Waals surface area contributed by atoms with Gasteiger partial charge in [0.1, 0.15) is 0 Å². The molecule has 0 atom stereocenters. The summed E-state index contributed by atoms with van der Waals surface area (Å²) in [6, 6.07) is 15.1. The molecule has 0 aliphatic carbocycles. The van der Waals surface area contributed by atoms with Crippen LogP contribution in [0.25, 0.3) is 0 Å². The lowest BCUT2D eigenvalue weighted by Gasteiger charge is -2.34. The van der Waals surface area contributed by atoms with Crippen LogP contribution in [0.3, 0.4) is 0 Å². The maximum Gasteiger partial charge on any atom is 0.241 e. The average molecular weight is 525 g/mol. The minimum atomic E-state index is -3.78. The molecule has 1 aromatic heterocycles. The van der Waals surface area contributed by atoms with Crippen LogP contribution in [0.15, 0.2) is 59.6 Å². The van der Waals surface area contributed by atoms with Crippen LogP contribution in [0.4, 0.5) is 17.3 Å². The summed E-state index contributed by atoms with van der Waals surface area (Å²) in [7, 11) is -1.63. The van der Waals surface area contributed by atoms with E-state index in [1.165, 1.54) is 5.69 Å². The zero-order valence-electron chi connectivity index (χ0n) is 21.9. The van der Waals surface area contributed by atoms with E-state index in [4.69, 9.17) is 4.98 Å². The molecule has 0 bridgehead atoms. The van der Waals surface area contributed by atoms with Crippen LogP contribution in [-0.4, -0.2) is 73.8 Å². The number of rotatable bonds is 9. The highest BCUT2D eigenvalue weighted by Gasteiger charge is 2.25. The van der Waals surface area contributed by atoms with Gasteiger partial charge in [-0.05, 0) is 75.3 Å². The van der Waals surface area contributed by atoms with Gasteiger partial charge in [0.25, 0.3) is 0 Å². The van der Waals surface area contributed by atoms with E-state index < -0.39 is 15.6 Å². The molecule has 198 valence electrons. The molecule has 1 saturated heterocycles. The predicted octanol–water partition coefficient (Wildman–Crippen LogP) is 2.92. The second-order valence-electron chi connectivity index (χ2n) is 10.3. The van der Waals surface area contributed by atoms with Gasteiger partial charge in [-0.3, -0.25) is 0 Å². The molecular formula is C27H36N6O3S. The lowest BCUT2D eigenvalue weighted by Crippen LogP contribution is -2.46. The number of anilines is 3. The van der Waals surface area contributed by atoms with E-state index in [1.807, 2.05) is 25.1 Å². The number of hydrogen-bond donors (Lipinski definition) is 3. The molecular weight excluding hydrogens is 488 g/mol. The van der Waals surface area contributed by atoms with Crippen molar-refractivity contribution >= 4 is 27.3 Å². The van der Waals surface area contributed by atoms with E-state index >= 15 is 0 Å². The zero-order valence-corrected chi connectivity index (χ0v) is 22.7. The van der Waals surface area contributed by atoms with Gasteiger partial charge in [-0.15, -0.1) is 0 Å². The summed E-state index contributed by atoms with van der Waals surface area (Å²) in [5.74, 6) is 0.489. The van der Waals surface area contributed by atoms with Gasteiger partial charge in [-0.25, -0.2) is 23.1 Å². The van der Waals surface area contributed by atoms with Crippen LogP contribution in [0, 0.1) is 6.92 Å². The minimum Gasteiger partial charge on any atom is -0.394 e. The normalized spacial score (nSPS) is 15.1. The minimum absolute atomic E-state index is 0.150. The molecule has 3 N–H and O–H groups in total. The number of likely N-dealkylation sites (N-methyl/N-ethyl adjacent to an activating group) is 1. The van der Waals surface area contributed by atoms with Gasteiger partial charge in [0.15, 0.2) is 0 Å². The molecule has 3 aromatic rings. The fraction of sp³-hybridized carbons (Fsp3) is 0.407. The van der Waals surface area contributed by atoms with Crippen molar-refractivity contribution in [1.82, 2.24) is 19.6 Å². The highest BCUT2D eigenvalue weighted by Crippen LogP contribution is 2.22. The Bertz CT molecular complexity index is 1320. The number of aromatic nitrogens is 2. The van der Waals surface area contributed by atoms with E-state index in [1.54, 1.807) is 38.2 Å². The molecule has 1 aliphatic rings. The number of aliphatic hydroxyl groups is 1.